The number of nitrogens with one attached hydrogen (secondary N) is 2. The SMILES string of the molecule is CC(C(=O)OOC(=O)C(F)(F)F)N1SCC=C1c1c[nH]c2cc(OCCCNc3ccccn3)ccc12. The van der Waals surface area contributed by atoms with E-state index in [1.807, 2.05) is 42.5 Å². The average Bonchev–Trinajstić information content (AvgIpc) is 3.53. The molecule has 1 aliphatic rings. The predicted octanol–water partition coefficient (Wildman–Crippen LogP) is 4.70. The van der Waals surface area contributed by atoms with E-state index in [2.05, 4.69) is 25.1 Å². The fourth-order valence-corrected chi connectivity index (χ4v) is 4.56. The highest BCUT2D eigenvalue weighted by Crippen LogP contribution is 2.38. The summed E-state index contributed by atoms with van der Waals surface area (Å²) in [4.78, 5) is 38.2. The number of alkyl halides is 3. The standard InChI is InChI=1S/C24H23F3N4O5S/c1-15(22(32)35-36-23(33)24(25,26)27)31-20(8-12-37-31)18-14-30-19-13-16(6-7-17(18)19)34-11-4-10-29-21-5-2-3-9-28-21/h2-3,5-9,13-15,30H,4,10-12H2,1H3,(H,28,29). The maximum Gasteiger partial charge on any atom is 0.495 e. The summed E-state index contributed by atoms with van der Waals surface area (Å²) in [5.74, 6) is -1.70. The number of H-pyrrole nitrogens is 1. The Morgan fingerprint density at radius 3 is 2.84 bits per heavy atom. The number of nitrogens with zero attached hydrogens (tertiary/aromatic N) is 2. The van der Waals surface area contributed by atoms with Crippen LogP contribution in [0.25, 0.3) is 16.6 Å². The number of hydrogen-bond acceptors (Lipinski definition) is 9. The summed E-state index contributed by atoms with van der Waals surface area (Å²) in [6.45, 7) is 2.66. The van der Waals surface area contributed by atoms with Gasteiger partial charge in [0, 0.05) is 47.2 Å². The van der Waals surface area contributed by atoms with Gasteiger partial charge in [0.05, 0.1) is 12.3 Å². The predicted molar refractivity (Wildman–Crippen MR) is 131 cm³/mol. The van der Waals surface area contributed by atoms with Gasteiger partial charge < -0.3 is 19.3 Å². The molecule has 0 bridgehead atoms. The Bertz CT molecular complexity index is 1280. The molecular weight excluding hydrogens is 513 g/mol. The summed E-state index contributed by atoms with van der Waals surface area (Å²) in [5.41, 5.74) is 2.28. The molecule has 0 fully saturated rings. The van der Waals surface area contributed by atoms with Gasteiger partial charge in [-0.2, -0.15) is 13.2 Å². The lowest BCUT2D eigenvalue weighted by Gasteiger charge is -2.25. The first-order chi connectivity index (χ1) is 17.7. The Labute approximate surface area is 214 Å². The van der Waals surface area contributed by atoms with E-state index in [-0.39, 0.29) is 0 Å². The number of aromatic amines is 1. The first kappa shape index (κ1) is 26.2. The minimum absolute atomic E-state index is 0.507. The summed E-state index contributed by atoms with van der Waals surface area (Å²) in [6, 6.07) is 10.2. The lowest BCUT2D eigenvalue weighted by molar-refractivity contribution is -0.287. The number of hydrogen-bond donors (Lipinski definition) is 2. The van der Waals surface area contributed by atoms with Crippen molar-refractivity contribution in [3.8, 4) is 5.75 Å². The summed E-state index contributed by atoms with van der Waals surface area (Å²) in [6.07, 6.45) is 0.894. The molecule has 9 nitrogen and oxygen atoms in total. The van der Waals surface area contributed by atoms with Crippen molar-refractivity contribution in [2.24, 2.45) is 0 Å². The maximum atomic E-state index is 12.3. The maximum absolute atomic E-state index is 12.3. The van der Waals surface area contributed by atoms with Gasteiger partial charge in [0.1, 0.15) is 17.6 Å². The Morgan fingerprint density at radius 2 is 2.08 bits per heavy atom. The second-order valence-corrected chi connectivity index (χ2v) is 8.90. The topological polar surface area (TPSA) is 106 Å². The smallest absolute Gasteiger partial charge is 0.493 e. The van der Waals surface area contributed by atoms with Gasteiger partial charge in [0.25, 0.3) is 0 Å². The molecule has 4 rings (SSSR count). The number of benzene rings is 1. The molecule has 1 unspecified atom stereocenters. The summed E-state index contributed by atoms with van der Waals surface area (Å²) in [5, 5.41) is 4.09. The largest absolute Gasteiger partial charge is 0.495 e. The Hall–Kier alpha value is -3.87. The molecule has 3 aromatic rings. The molecule has 0 aliphatic carbocycles. The number of carbonyl (C=O) groups is 2. The zero-order valence-electron chi connectivity index (χ0n) is 19.6. The van der Waals surface area contributed by atoms with E-state index in [9.17, 15) is 22.8 Å². The van der Waals surface area contributed by atoms with Crippen LogP contribution in [0.4, 0.5) is 19.0 Å². The quantitative estimate of drug-likeness (QED) is 0.174. The Balaban J connectivity index is 1.34. The second-order valence-electron chi connectivity index (χ2n) is 7.91. The fourth-order valence-electron chi connectivity index (χ4n) is 3.55. The zero-order chi connectivity index (χ0) is 26.4. The van der Waals surface area contributed by atoms with E-state index < -0.39 is 24.2 Å². The highest BCUT2D eigenvalue weighted by atomic mass is 32.2. The van der Waals surface area contributed by atoms with Gasteiger partial charge in [-0.05, 0) is 55.6 Å². The van der Waals surface area contributed by atoms with Crippen molar-refractivity contribution < 1.29 is 37.3 Å². The van der Waals surface area contributed by atoms with Gasteiger partial charge >= 0.3 is 18.1 Å². The molecule has 2 aromatic heterocycles. The molecule has 0 radical (unpaired) electrons. The number of pyridine rings is 1. The first-order valence-corrected chi connectivity index (χ1v) is 12.2. The van der Waals surface area contributed by atoms with Crippen LogP contribution in [0.1, 0.15) is 18.9 Å². The number of carbonyl (C=O) groups excluding carboxylic acids is 2. The van der Waals surface area contributed by atoms with E-state index >= 15 is 0 Å². The Kier molecular flexibility index (Phi) is 8.11. The van der Waals surface area contributed by atoms with E-state index in [1.165, 1.54) is 18.9 Å². The molecule has 13 heteroatoms. The molecule has 0 saturated carbocycles. The normalized spacial score (nSPS) is 14.3. The molecule has 0 amide bonds. The van der Waals surface area contributed by atoms with Crippen LogP contribution in [-0.2, 0) is 19.4 Å². The number of halogens is 3. The van der Waals surface area contributed by atoms with Crippen LogP contribution in [0, 0.1) is 0 Å². The summed E-state index contributed by atoms with van der Waals surface area (Å²) < 4.78 is 44.3. The van der Waals surface area contributed by atoms with Gasteiger partial charge in [-0.25, -0.2) is 24.3 Å². The first-order valence-electron chi connectivity index (χ1n) is 11.2. The minimum Gasteiger partial charge on any atom is -0.493 e. The van der Waals surface area contributed by atoms with Crippen molar-refractivity contribution in [3.05, 3.63) is 60.4 Å². The van der Waals surface area contributed by atoms with E-state index in [1.54, 1.807) is 16.7 Å². The molecule has 1 aromatic carbocycles. The van der Waals surface area contributed by atoms with Crippen LogP contribution in [0.15, 0.2) is 54.9 Å². The molecular formula is C24H23F3N4O5S. The van der Waals surface area contributed by atoms with Crippen LogP contribution < -0.4 is 10.1 Å². The number of aromatic nitrogens is 2. The molecule has 0 saturated heterocycles. The van der Waals surface area contributed by atoms with Crippen molar-refractivity contribution in [2.45, 2.75) is 25.6 Å². The van der Waals surface area contributed by atoms with Crippen molar-refractivity contribution in [3.63, 3.8) is 0 Å². The number of fused-ring (bicyclic) bond motifs is 1. The summed E-state index contributed by atoms with van der Waals surface area (Å²) >= 11 is 1.28. The monoisotopic (exact) mass is 536 g/mol. The lowest BCUT2D eigenvalue weighted by Crippen LogP contribution is -2.35. The van der Waals surface area contributed by atoms with Crippen molar-refractivity contribution in [1.82, 2.24) is 14.3 Å². The van der Waals surface area contributed by atoms with Crippen LogP contribution in [0.5, 0.6) is 5.75 Å². The van der Waals surface area contributed by atoms with Crippen LogP contribution in [0.2, 0.25) is 0 Å². The van der Waals surface area contributed by atoms with Crippen LogP contribution in [-0.4, -0.2) is 57.3 Å². The third-order valence-electron chi connectivity index (χ3n) is 5.34. The van der Waals surface area contributed by atoms with Gasteiger partial charge in [-0.15, -0.1) is 0 Å². The highest BCUT2D eigenvalue weighted by Gasteiger charge is 2.43. The van der Waals surface area contributed by atoms with Crippen molar-refractivity contribution in [1.29, 1.82) is 0 Å². The van der Waals surface area contributed by atoms with E-state index in [0.717, 1.165) is 28.7 Å². The minimum atomic E-state index is -5.26. The zero-order valence-corrected chi connectivity index (χ0v) is 20.4. The van der Waals surface area contributed by atoms with Crippen molar-refractivity contribution in [2.75, 3.05) is 24.2 Å². The highest BCUT2D eigenvalue weighted by molar-refractivity contribution is 7.97. The van der Waals surface area contributed by atoms with Gasteiger partial charge in [-0.3, -0.25) is 0 Å². The van der Waals surface area contributed by atoms with Gasteiger partial charge in [-0.1, -0.05) is 6.07 Å². The number of ether oxygens (including phenoxy) is 1. The lowest BCUT2D eigenvalue weighted by atomic mass is 10.1. The third kappa shape index (κ3) is 6.47. The van der Waals surface area contributed by atoms with Crippen molar-refractivity contribution >= 4 is 46.3 Å². The Morgan fingerprint density at radius 1 is 1.24 bits per heavy atom. The average molecular weight is 537 g/mol. The fraction of sp³-hybridized carbons (Fsp3) is 0.292. The molecule has 196 valence electrons. The van der Waals surface area contributed by atoms with Crippen LogP contribution in [0.3, 0.4) is 0 Å². The molecule has 1 aliphatic heterocycles. The molecule has 37 heavy (non-hydrogen) atoms. The van der Waals surface area contributed by atoms with E-state index in [0.29, 0.717) is 30.4 Å². The van der Waals surface area contributed by atoms with E-state index in [4.69, 9.17) is 4.74 Å². The summed E-state index contributed by atoms with van der Waals surface area (Å²) in [7, 11) is 0. The number of rotatable bonds is 9. The third-order valence-corrected chi connectivity index (χ3v) is 6.45. The van der Waals surface area contributed by atoms with Gasteiger partial charge in [0.15, 0.2) is 0 Å². The van der Waals surface area contributed by atoms with Gasteiger partial charge in [0.2, 0.25) is 0 Å². The molecule has 3 heterocycles. The molecule has 0 spiro atoms. The number of anilines is 1. The molecule has 2 N–H and O–H groups in total. The second kappa shape index (κ2) is 11.5. The van der Waals surface area contributed by atoms with Crippen LogP contribution >= 0.6 is 11.9 Å². The molecule has 1 atom stereocenters.